The van der Waals surface area contributed by atoms with Crippen LogP contribution in [0, 0.1) is 5.92 Å². The van der Waals surface area contributed by atoms with Crippen LogP contribution >= 0.6 is 0 Å². The number of hydrogen-bond acceptors (Lipinski definition) is 2. The van der Waals surface area contributed by atoms with Crippen LogP contribution in [0.15, 0.2) is 30.3 Å². The van der Waals surface area contributed by atoms with Gasteiger partial charge in [-0.25, -0.2) is 0 Å². The van der Waals surface area contributed by atoms with Gasteiger partial charge in [-0.15, -0.1) is 0 Å². The highest BCUT2D eigenvalue weighted by atomic mass is 15.2. The molecule has 1 aliphatic carbocycles. The largest absolute Gasteiger partial charge is 0.317 e. The average molecular weight is 274 g/mol. The van der Waals surface area contributed by atoms with E-state index in [0.717, 1.165) is 12.1 Å². The van der Waals surface area contributed by atoms with Crippen molar-refractivity contribution in [3.8, 4) is 0 Å². The maximum atomic E-state index is 3.43. The van der Waals surface area contributed by atoms with E-state index in [-0.39, 0.29) is 0 Å². The van der Waals surface area contributed by atoms with E-state index in [1.54, 1.807) is 0 Å². The van der Waals surface area contributed by atoms with Gasteiger partial charge in [0.15, 0.2) is 0 Å². The first kappa shape index (κ1) is 15.5. The predicted molar refractivity (Wildman–Crippen MR) is 86.9 cm³/mol. The first-order chi connectivity index (χ1) is 9.63. The van der Waals surface area contributed by atoms with E-state index in [4.69, 9.17) is 0 Å². The molecule has 2 rings (SSSR count). The minimum absolute atomic E-state index is 0.535. The monoisotopic (exact) mass is 274 g/mol. The first-order valence-electron chi connectivity index (χ1n) is 8.07. The highest BCUT2D eigenvalue weighted by molar-refractivity contribution is 5.19. The number of nitrogens with zero attached hydrogens (tertiary/aromatic N) is 1. The maximum absolute atomic E-state index is 3.43. The summed E-state index contributed by atoms with van der Waals surface area (Å²) in [6.45, 7) is 4.68. The third-order valence-electron chi connectivity index (χ3n) is 4.89. The molecule has 20 heavy (non-hydrogen) atoms. The second-order valence-corrected chi connectivity index (χ2v) is 6.56. The van der Waals surface area contributed by atoms with Gasteiger partial charge in [-0.05, 0) is 51.3 Å². The van der Waals surface area contributed by atoms with Gasteiger partial charge in [-0.2, -0.15) is 0 Å². The van der Waals surface area contributed by atoms with Gasteiger partial charge in [-0.3, -0.25) is 4.90 Å². The molecule has 1 saturated carbocycles. The van der Waals surface area contributed by atoms with Gasteiger partial charge in [0.25, 0.3) is 0 Å². The number of benzene rings is 1. The number of hydrogen-bond donors (Lipinski definition) is 1. The number of rotatable bonds is 5. The molecule has 0 aromatic heterocycles. The van der Waals surface area contributed by atoms with Crippen LogP contribution in [0.4, 0.5) is 0 Å². The lowest BCUT2D eigenvalue weighted by Gasteiger charge is -2.41. The molecular weight excluding hydrogens is 244 g/mol. The van der Waals surface area contributed by atoms with Crippen molar-refractivity contribution >= 4 is 0 Å². The van der Waals surface area contributed by atoms with E-state index < -0.39 is 0 Å². The molecule has 2 heteroatoms. The Morgan fingerprint density at radius 1 is 1.05 bits per heavy atom. The van der Waals surface area contributed by atoms with E-state index in [9.17, 15) is 0 Å². The highest BCUT2D eigenvalue weighted by Crippen LogP contribution is 2.33. The molecule has 1 N–H and O–H groups in total. The standard InChI is InChI=1S/C18H30N2/c1-14(2)18(15-8-6-5-7-9-15)20(4)17-12-10-16(19-3)11-13-17/h5-9,14,16-19H,10-13H2,1-4H3. The fraction of sp³-hybridized carbons (Fsp3) is 0.667. The Labute approximate surface area is 124 Å². The molecule has 1 aliphatic rings. The maximum Gasteiger partial charge on any atom is 0.0370 e. The summed E-state index contributed by atoms with van der Waals surface area (Å²) in [5.41, 5.74) is 1.46. The normalized spacial score (nSPS) is 25.1. The minimum atomic E-state index is 0.535. The zero-order chi connectivity index (χ0) is 14.5. The Balaban J connectivity index is 2.07. The van der Waals surface area contributed by atoms with E-state index in [1.807, 2.05) is 0 Å². The molecule has 1 atom stereocenters. The van der Waals surface area contributed by atoms with Gasteiger partial charge in [-0.1, -0.05) is 44.2 Å². The molecule has 0 spiro atoms. The average Bonchev–Trinajstić information content (AvgIpc) is 2.48. The third-order valence-corrected chi connectivity index (χ3v) is 4.89. The van der Waals surface area contributed by atoms with E-state index in [1.165, 1.54) is 31.2 Å². The fourth-order valence-corrected chi connectivity index (χ4v) is 3.74. The molecule has 0 radical (unpaired) electrons. The molecule has 0 saturated heterocycles. The van der Waals surface area contributed by atoms with Gasteiger partial charge < -0.3 is 5.32 Å². The van der Waals surface area contributed by atoms with Crippen molar-refractivity contribution in [2.24, 2.45) is 5.92 Å². The molecule has 1 unspecified atom stereocenters. The molecule has 2 nitrogen and oxygen atoms in total. The SMILES string of the molecule is CNC1CCC(N(C)C(c2ccccc2)C(C)C)CC1. The molecule has 0 heterocycles. The molecule has 0 bridgehead atoms. The second kappa shape index (κ2) is 7.24. The van der Waals surface area contributed by atoms with Crippen LogP contribution in [-0.2, 0) is 0 Å². The van der Waals surface area contributed by atoms with Crippen molar-refractivity contribution in [3.63, 3.8) is 0 Å². The van der Waals surface area contributed by atoms with Gasteiger partial charge in [0, 0.05) is 18.1 Å². The zero-order valence-corrected chi connectivity index (χ0v) is 13.5. The van der Waals surface area contributed by atoms with Crippen LogP contribution in [0.1, 0.15) is 51.1 Å². The van der Waals surface area contributed by atoms with E-state index in [0.29, 0.717) is 12.0 Å². The summed E-state index contributed by atoms with van der Waals surface area (Å²) < 4.78 is 0. The van der Waals surface area contributed by atoms with Crippen molar-refractivity contribution in [1.29, 1.82) is 0 Å². The molecular formula is C18H30N2. The van der Waals surface area contributed by atoms with Gasteiger partial charge in [0.05, 0.1) is 0 Å². The van der Waals surface area contributed by atoms with Gasteiger partial charge in [0.2, 0.25) is 0 Å². The molecule has 0 amide bonds. The molecule has 112 valence electrons. The summed E-state index contributed by atoms with van der Waals surface area (Å²) in [4.78, 5) is 2.63. The van der Waals surface area contributed by atoms with Gasteiger partial charge >= 0.3 is 0 Å². The Morgan fingerprint density at radius 2 is 1.65 bits per heavy atom. The Morgan fingerprint density at radius 3 is 2.15 bits per heavy atom. The summed E-state index contributed by atoms with van der Waals surface area (Å²) in [6.07, 6.45) is 5.26. The lowest BCUT2D eigenvalue weighted by atomic mass is 9.87. The summed E-state index contributed by atoms with van der Waals surface area (Å²) >= 11 is 0. The molecule has 1 fully saturated rings. The van der Waals surface area contributed by atoms with Crippen LogP contribution in [0.2, 0.25) is 0 Å². The highest BCUT2D eigenvalue weighted by Gasteiger charge is 2.29. The van der Waals surface area contributed by atoms with Gasteiger partial charge in [0.1, 0.15) is 0 Å². The van der Waals surface area contributed by atoms with Crippen molar-refractivity contribution in [2.75, 3.05) is 14.1 Å². The van der Waals surface area contributed by atoms with Crippen molar-refractivity contribution in [3.05, 3.63) is 35.9 Å². The number of nitrogens with one attached hydrogen (secondary N) is 1. The van der Waals surface area contributed by atoms with Crippen molar-refractivity contribution < 1.29 is 0 Å². The topological polar surface area (TPSA) is 15.3 Å². The Kier molecular flexibility index (Phi) is 5.62. The summed E-state index contributed by atoms with van der Waals surface area (Å²) in [7, 11) is 4.41. The molecule has 1 aromatic carbocycles. The zero-order valence-electron chi connectivity index (χ0n) is 13.5. The fourth-order valence-electron chi connectivity index (χ4n) is 3.74. The summed E-state index contributed by atoms with van der Waals surface area (Å²) in [5.74, 6) is 0.643. The smallest absolute Gasteiger partial charge is 0.0370 e. The Bertz CT molecular complexity index is 380. The lowest BCUT2D eigenvalue weighted by molar-refractivity contribution is 0.101. The molecule has 0 aliphatic heterocycles. The van der Waals surface area contributed by atoms with Crippen LogP contribution < -0.4 is 5.32 Å². The van der Waals surface area contributed by atoms with E-state index in [2.05, 4.69) is 68.5 Å². The quantitative estimate of drug-likeness (QED) is 0.877. The minimum Gasteiger partial charge on any atom is -0.317 e. The van der Waals surface area contributed by atoms with Crippen molar-refractivity contribution in [1.82, 2.24) is 10.2 Å². The van der Waals surface area contributed by atoms with Crippen LogP contribution in [-0.4, -0.2) is 31.1 Å². The lowest BCUT2D eigenvalue weighted by Crippen LogP contribution is -2.42. The second-order valence-electron chi connectivity index (χ2n) is 6.56. The van der Waals surface area contributed by atoms with Crippen molar-refractivity contribution in [2.45, 2.75) is 57.7 Å². The van der Waals surface area contributed by atoms with Crippen LogP contribution in [0.5, 0.6) is 0 Å². The van der Waals surface area contributed by atoms with Crippen LogP contribution in [0.25, 0.3) is 0 Å². The van der Waals surface area contributed by atoms with Crippen LogP contribution in [0.3, 0.4) is 0 Å². The summed E-state index contributed by atoms with van der Waals surface area (Å²) in [5, 5.41) is 3.43. The third kappa shape index (κ3) is 3.62. The first-order valence-corrected chi connectivity index (χ1v) is 8.07. The Hall–Kier alpha value is -0.860. The molecule has 1 aromatic rings. The van der Waals surface area contributed by atoms with E-state index >= 15 is 0 Å². The predicted octanol–water partition coefficient (Wildman–Crippen LogP) is 3.85. The summed E-state index contributed by atoms with van der Waals surface area (Å²) in [6, 6.07) is 13.0.